The van der Waals surface area contributed by atoms with Gasteiger partial charge in [-0.15, -0.1) is 0 Å². The molecule has 2 aromatic rings. The molecule has 0 saturated heterocycles. The van der Waals surface area contributed by atoms with Crippen molar-refractivity contribution in [2.75, 3.05) is 0 Å². The molecule has 0 amide bonds. The third-order valence-electron chi connectivity index (χ3n) is 1.39. The quantitative estimate of drug-likeness (QED) is 0.420. The van der Waals surface area contributed by atoms with Gasteiger partial charge in [-0.1, -0.05) is 0 Å². The van der Waals surface area contributed by atoms with E-state index in [1.807, 2.05) is 0 Å². The largest absolute Gasteiger partial charge is 0.268 e. The Morgan fingerprint density at radius 2 is 0.706 bits per heavy atom. The minimum Gasteiger partial charge on any atom is -0.268 e. The molecule has 4 N–H and O–H groups in total. The molecule has 0 unspecified atom stereocenters. The van der Waals surface area contributed by atoms with Crippen LogP contribution >= 0.6 is 0 Å². The van der Waals surface area contributed by atoms with Crippen LogP contribution in [-0.4, -0.2) is 20.4 Å². The van der Waals surface area contributed by atoms with E-state index in [4.69, 9.17) is 0 Å². The normalized spacial score (nSPS) is 8.47. The molecule has 17 heavy (non-hydrogen) atoms. The Balaban J connectivity index is 0.000000284. The predicted molar refractivity (Wildman–Crippen MR) is 55.4 cm³/mol. The first-order valence-corrected chi connectivity index (χ1v) is 4.14. The number of hydrogen-bond donors (Lipinski definition) is 4. The Bertz CT molecular complexity index is 504. The van der Waals surface area contributed by atoms with E-state index in [0.29, 0.717) is 0 Å². The first-order chi connectivity index (χ1) is 7.58. The Hall–Kier alpha value is -2.12. The Morgan fingerprint density at radius 3 is 0.824 bits per heavy atom. The number of H-pyrrole nitrogens is 4. The summed E-state index contributed by atoms with van der Waals surface area (Å²) in [7, 11) is 0. The van der Waals surface area contributed by atoms with Gasteiger partial charge in [0.25, 0.3) is 22.2 Å². The summed E-state index contributed by atoms with van der Waals surface area (Å²) in [6.45, 7) is 0. The van der Waals surface area contributed by atoms with E-state index in [9.17, 15) is 19.2 Å². The number of aromatic amines is 4. The summed E-state index contributed by atoms with van der Waals surface area (Å²) >= 11 is 0. The fraction of sp³-hybridized carbons (Fsp3) is 0. The number of aromatic nitrogens is 4. The van der Waals surface area contributed by atoms with Crippen molar-refractivity contribution in [3.05, 3.63) is 65.7 Å². The maximum absolute atomic E-state index is 10.2. The van der Waals surface area contributed by atoms with Crippen LogP contribution in [0.25, 0.3) is 0 Å². The van der Waals surface area contributed by atoms with Gasteiger partial charge in [0.05, 0.1) is 0 Å². The van der Waals surface area contributed by atoms with Gasteiger partial charge in [0, 0.05) is 41.3 Å². The van der Waals surface area contributed by atoms with Gasteiger partial charge in [-0.25, -0.2) is 0 Å². The van der Waals surface area contributed by atoms with E-state index in [-0.39, 0.29) is 39.3 Å². The third kappa shape index (κ3) is 6.13. The van der Waals surface area contributed by atoms with Crippen LogP contribution in [0.15, 0.2) is 43.4 Å². The molecule has 8 nitrogen and oxygen atoms in total. The summed E-state index contributed by atoms with van der Waals surface area (Å²) in [4.78, 5) is 40.8. The van der Waals surface area contributed by atoms with E-state index in [2.05, 4.69) is 20.4 Å². The average molecular weight is 279 g/mol. The van der Waals surface area contributed by atoms with Crippen molar-refractivity contribution >= 4 is 0 Å². The van der Waals surface area contributed by atoms with Gasteiger partial charge in [0.1, 0.15) is 0 Å². The molecule has 0 fully saturated rings. The van der Waals surface area contributed by atoms with Gasteiger partial charge in [-0.05, 0) is 0 Å². The van der Waals surface area contributed by atoms with E-state index < -0.39 is 0 Å². The molecule has 1 radical (unpaired) electrons. The topological polar surface area (TPSA) is 131 Å². The standard InChI is InChI=1S/2C4H4N2O2.Mn/c2*7-3-1-2-4(8)6-5-3;/h2*1-2H,(H,5,7)(H,6,8);. The van der Waals surface area contributed by atoms with Crippen LogP contribution in [0.3, 0.4) is 0 Å². The molecule has 2 aromatic heterocycles. The van der Waals surface area contributed by atoms with Crippen LogP contribution in [0.5, 0.6) is 0 Å². The van der Waals surface area contributed by atoms with Gasteiger partial charge in [-0.3, -0.25) is 39.6 Å². The second kappa shape index (κ2) is 7.20. The van der Waals surface area contributed by atoms with Crippen LogP contribution in [-0.2, 0) is 17.1 Å². The first-order valence-electron chi connectivity index (χ1n) is 4.14. The zero-order valence-corrected chi connectivity index (χ0v) is 9.50. The molecule has 0 saturated carbocycles. The van der Waals surface area contributed by atoms with E-state index in [0.717, 1.165) is 0 Å². The van der Waals surface area contributed by atoms with Crippen LogP contribution in [0.1, 0.15) is 0 Å². The average Bonchev–Trinajstić information content (AvgIpc) is 2.28. The van der Waals surface area contributed by atoms with Crippen LogP contribution in [0.2, 0.25) is 0 Å². The van der Waals surface area contributed by atoms with Crippen molar-refractivity contribution in [1.29, 1.82) is 0 Å². The van der Waals surface area contributed by atoms with Crippen molar-refractivity contribution < 1.29 is 17.1 Å². The Morgan fingerprint density at radius 1 is 0.529 bits per heavy atom. The number of nitrogens with one attached hydrogen (secondary N) is 4. The van der Waals surface area contributed by atoms with E-state index in [1.54, 1.807) is 0 Å². The molecular weight excluding hydrogens is 271 g/mol. The monoisotopic (exact) mass is 279 g/mol. The van der Waals surface area contributed by atoms with E-state index >= 15 is 0 Å². The predicted octanol–water partition coefficient (Wildman–Crippen LogP) is -1.88. The van der Waals surface area contributed by atoms with Crippen molar-refractivity contribution in [3.63, 3.8) is 0 Å². The van der Waals surface area contributed by atoms with Gasteiger partial charge in [0.15, 0.2) is 0 Å². The SMILES string of the molecule is O=c1ccc(=O)[nH][nH]1.O=c1ccc(=O)[nH][nH]1.[Mn]. The van der Waals surface area contributed by atoms with Crippen LogP contribution in [0.4, 0.5) is 0 Å². The van der Waals surface area contributed by atoms with Crippen molar-refractivity contribution in [2.24, 2.45) is 0 Å². The maximum atomic E-state index is 10.2. The molecule has 0 atom stereocenters. The van der Waals surface area contributed by atoms with Gasteiger partial charge >= 0.3 is 0 Å². The summed E-state index contributed by atoms with van der Waals surface area (Å²) in [6, 6.07) is 4.66. The molecule has 0 spiro atoms. The molecular formula is C8H8MnN4O4. The summed E-state index contributed by atoms with van der Waals surface area (Å²) in [5.41, 5.74) is -1.21. The van der Waals surface area contributed by atoms with Gasteiger partial charge < -0.3 is 0 Å². The molecule has 0 aliphatic rings. The summed E-state index contributed by atoms with van der Waals surface area (Å²) in [5.74, 6) is 0. The summed E-state index contributed by atoms with van der Waals surface area (Å²) < 4.78 is 0. The molecule has 91 valence electrons. The molecule has 9 heteroatoms. The molecule has 0 aliphatic heterocycles. The fourth-order valence-electron chi connectivity index (χ4n) is 0.716. The molecule has 0 aliphatic carbocycles. The summed E-state index contributed by atoms with van der Waals surface area (Å²) in [6.07, 6.45) is 0. The van der Waals surface area contributed by atoms with Crippen LogP contribution < -0.4 is 22.2 Å². The minimum absolute atomic E-state index is 0. The third-order valence-corrected chi connectivity index (χ3v) is 1.39. The molecule has 0 bridgehead atoms. The number of rotatable bonds is 0. The zero-order chi connectivity index (χ0) is 12.0. The summed E-state index contributed by atoms with van der Waals surface area (Å²) in [5, 5.41) is 8.43. The van der Waals surface area contributed by atoms with Crippen LogP contribution in [0, 0.1) is 0 Å². The van der Waals surface area contributed by atoms with Crippen molar-refractivity contribution in [1.82, 2.24) is 20.4 Å². The molecule has 0 aromatic carbocycles. The Kier molecular flexibility index (Phi) is 6.30. The van der Waals surface area contributed by atoms with Crippen molar-refractivity contribution in [2.45, 2.75) is 0 Å². The smallest absolute Gasteiger partial charge is 0.262 e. The second-order valence-electron chi connectivity index (χ2n) is 2.62. The molecule has 2 heterocycles. The Labute approximate surface area is 104 Å². The molecule has 2 rings (SSSR count). The van der Waals surface area contributed by atoms with Crippen molar-refractivity contribution in [3.8, 4) is 0 Å². The zero-order valence-electron chi connectivity index (χ0n) is 8.32. The number of hydrogen-bond acceptors (Lipinski definition) is 4. The first kappa shape index (κ1) is 14.9. The maximum Gasteiger partial charge on any atom is 0.262 e. The van der Waals surface area contributed by atoms with E-state index in [1.165, 1.54) is 24.3 Å². The fourth-order valence-corrected chi connectivity index (χ4v) is 0.716. The van der Waals surface area contributed by atoms with Gasteiger partial charge in [-0.2, -0.15) is 0 Å². The minimum atomic E-state index is -0.301. The second-order valence-corrected chi connectivity index (χ2v) is 2.62. The van der Waals surface area contributed by atoms with Gasteiger partial charge in [0.2, 0.25) is 0 Å².